The van der Waals surface area contributed by atoms with Gasteiger partial charge in [0.15, 0.2) is 11.5 Å². The van der Waals surface area contributed by atoms with Crippen LogP contribution in [0, 0.1) is 0 Å². The van der Waals surface area contributed by atoms with Gasteiger partial charge in [-0.25, -0.2) is 8.42 Å². The van der Waals surface area contributed by atoms with E-state index < -0.39 is 15.9 Å². The van der Waals surface area contributed by atoms with Crippen molar-refractivity contribution in [2.45, 2.75) is 13.3 Å². The number of hydrogen-bond donors (Lipinski definition) is 1. The van der Waals surface area contributed by atoms with Crippen LogP contribution >= 0.6 is 0 Å². The number of ether oxygens (including phenoxy) is 2. The molecule has 0 bridgehead atoms. The normalized spacial score (nSPS) is 13.5. The van der Waals surface area contributed by atoms with Gasteiger partial charge in [-0.3, -0.25) is 4.79 Å². The van der Waals surface area contributed by atoms with Crippen molar-refractivity contribution in [1.29, 1.82) is 0 Å². The Bertz CT molecular complexity index is 629. The van der Waals surface area contributed by atoms with Crippen LogP contribution in [0.25, 0.3) is 0 Å². The molecule has 21 heavy (non-hydrogen) atoms. The van der Waals surface area contributed by atoms with Crippen molar-refractivity contribution in [3.05, 3.63) is 18.2 Å². The Kier molecular flexibility index (Phi) is 4.69. The number of nitrogens with one attached hydrogen (secondary N) is 1. The Labute approximate surface area is 123 Å². The summed E-state index contributed by atoms with van der Waals surface area (Å²) in [5.74, 6) is 0.783. The number of anilines is 1. The molecule has 0 unspecified atom stereocenters. The second-order valence-corrected chi connectivity index (χ2v) is 6.70. The summed E-state index contributed by atoms with van der Waals surface area (Å²) in [6, 6.07) is 5.01. The number of carbonyl (C=O) groups excluding carboxylic acids is 1. The molecule has 8 heteroatoms. The SMILES string of the molecule is CCCN(CC(=O)Nc1ccc2c(c1)OCO2)S(C)(=O)=O. The first kappa shape index (κ1) is 15.6. The van der Waals surface area contributed by atoms with Crippen molar-refractivity contribution < 1.29 is 22.7 Å². The number of rotatable bonds is 6. The summed E-state index contributed by atoms with van der Waals surface area (Å²) in [7, 11) is -3.40. The molecular formula is C13H18N2O5S. The number of nitrogens with zero attached hydrogens (tertiary/aromatic N) is 1. The minimum absolute atomic E-state index is 0.158. The highest BCUT2D eigenvalue weighted by molar-refractivity contribution is 7.88. The standard InChI is InChI=1S/C13H18N2O5S/c1-3-6-15(21(2,17)18)8-13(16)14-10-4-5-11-12(7-10)20-9-19-11/h4-5,7H,3,6,8-9H2,1-2H3,(H,14,16). The van der Waals surface area contributed by atoms with E-state index in [0.717, 1.165) is 10.6 Å². The second kappa shape index (κ2) is 6.31. The van der Waals surface area contributed by atoms with E-state index in [-0.39, 0.29) is 13.3 Å². The van der Waals surface area contributed by atoms with Gasteiger partial charge in [-0.05, 0) is 18.6 Å². The molecule has 0 aromatic heterocycles. The lowest BCUT2D eigenvalue weighted by molar-refractivity contribution is -0.116. The lowest BCUT2D eigenvalue weighted by atomic mass is 10.3. The molecule has 0 fully saturated rings. The quantitative estimate of drug-likeness (QED) is 0.847. The molecule has 0 atom stereocenters. The van der Waals surface area contributed by atoms with E-state index in [1.165, 1.54) is 0 Å². The van der Waals surface area contributed by atoms with Crippen LogP contribution in [0.4, 0.5) is 5.69 Å². The lowest BCUT2D eigenvalue weighted by Gasteiger charge is -2.18. The van der Waals surface area contributed by atoms with E-state index in [4.69, 9.17) is 9.47 Å². The number of fused-ring (bicyclic) bond motifs is 1. The lowest BCUT2D eigenvalue weighted by Crippen LogP contribution is -2.37. The fraction of sp³-hybridized carbons (Fsp3) is 0.462. The second-order valence-electron chi connectivity index (χ2n) is 4.71. The van der Waals surface area contributed by atoms with Gasteiger partial charge in [-0.1, -0.05) is 6.92 Å². The van der Waals surface area contributed by atoms with Crippen molar-refractivity contribution in [1.82, 2.24) is 4.31 Å². The van der Waals surface area contributed by atoms with Gasteiger partial charge >= 0.3 is 0 Å². The van der Waals surface area contributed by atoms with Gasteiger partial charge in [0.25, 0.3) is 0 Å². The first-order valence-corrected chi connectivity index (χ1v) is 8.39. The van der Waals surface area contributed by atoms with Crippen LogP contribution in [-0.2, 0) is 14.8 Å². The van der Waals surface area contributed by atoms with Crippen LogP contribution in [0.3, 0.4) is 0 Å². The fourth-order valence-electron chi connectivity index (χ4n) is 1.95. The molecule has 0 saturated heterocycles. The van der Waals surface area contributed by atoms with E-state index in [1.54, 1.807) is 18.2 Å². The van der Waals surface area contributed by atoms with E-state index in [9.17, 15) is 13.2 Å². The molecule has 1 amide bonds. The minimum atomic E-state index is -3.40. The fourth-order valence-corrected chi connectivity index (χ4v) is 2.81. The zero-order valence-corrected chi connectivity index (χ0v) is 12.8. The predicted molar refractivity (Wildman–Crippen MR) is 77.9 cm³/mol. The van der Waals surface area contributed by atoms with Crippen LogP contribution in [-0.4, -0.2) is 44.8 Å². The van der Waals surface area contributed by atoms with Crippen LogP contribution in [0.2, 0.25) is 0 Å². The summed E-state index contributed by atoms with van der Waals surface area (Å²) in [6.07, 6.45) is 1.74. The predicted octanol–water partition coefficient (Wildman–Crippen LogP) is 1.03. The highest BCUT2D eigenvalue weighted by atomic mass is 32.2. The molecular weight excluding hydrogens is 296 g/mol. The molecule has 7 nitrogen and oxygen atoms in total. The van der Waals surface area contributed by atoms with Crippen molar-refractivity contribution in [3.8, 4) is 11.5 Å². The van der Waals surface area contributed by atoms with Gasteiger partial charge < -0.3 is 14.8 Å². The third-order valence-corrected chi connectivity index (χ3v) is 4.17. The molecule has 0 aliphatic carbocycles. The Morgan fingerprint density at radius 1 is 1.33 bits per heavy atom. The third-order valence-electron chi connectivity index (χ3n) is 2.92. The first-order chi connectivity index (χ1) is 9.90. The van der Waals surface area contributed by atoms with Gasteiger partial charge in [-0.15, -0.1) is 0 Å². The van der Waals surface area contributed by atoms with E-state index >= 15 is 0 Å². The zero-order valence-electron chi connectivity index (χ0n) is 12.0. The number of carbonyl (C=O) groups is 1. The topological polar surface area (TPSA) is 84.9 Å². The average molecular weight is 314 g/mol. The summed E-state index contributed by atoms with van der Waals surface area (Å²) in [5, 5.41) is 2.65. The van der Waals surface area contributed by atoms with Crippen molar-refractivity contribution in [2.24, 2.45) is 0 Å². The van der Waals surface area contributed by atoms with Crippen LogP contribution < -0.4 is 14.8 Å². The highest BCUT2D eigenvalue weighted by Crippen LogP contribution is 2.34. The van der Waals surface area contributed by atoms with Gasteiger partial charge in [-0.2, -0.15) is 4.31 Å². The Hall–Kier alpha value is -1.80. The molecule has 2 rings (SSSR count). The average Bonchev–Trinajstić information content (AvgIpc) is 2.84. The number of benzene rings is 1. The van der Waals surface area contributed by atoms with Crippen molar-refractivity contribution in [3.63, 3.8) is 0 Å². The molecule has 0 radical (unpaired) electrons. The number of amides is 1. The summed E-state index contributed by atoms with van der Waals surface area (Å²) >= 11 is 0. The molecule has 116 valence electrons. The van der Waals surface area contributed by atoms with Gasteiger partial charge in [0, 0.05) is 18.3 Å². The van der Waals surface area contributed by atoms with Crippen LogP contribution in [0.1, 0.15) is 13.3 Å². The summed E-state index contributed by atoms with van der Waals surface area (Å²) < 4.78 is 34.7. The first-order valence-electron chi connectivity index (χ1n) is 6.55. The minimum Gasteiger partial charge on any atom is -0.454 e. The Morgan fingerprint density at radius 3 is 2.71 bits per heavy atom. The largest absolute Gasteiger partial charge is 0.454 e. The van der Waals surface area contributed by atoms with E-state index in [1.807, 2.05) is 6.92 Å². The summed E-state index contributed by atoms with van der Waals surface area (Å²) in [5.41, 5.74) is 0.536. The molecule has 1 aliphatic rings. The third kappa shape index (κ3) is 4.08. The molecule has 1 aromatic rings. The van der Waals surface area contributed by atoms with Crippen molar-refractivity contribution in [2.75, 3.05) is 31.5 Å². The Balaban J connectivity index is 2.01. The molecule has 0 spiro atoms. The molecule has 1 N–H and O–H groups in total. The summed E-state index contributed by atoms with van der Waals surface area (Å²) in [6.45, 7) is 2.12. The smallest absolute Gasteiger partial charge is 0.239 e. The van der Waals surface area contributed by atoms with Crippen LogP contribution in [0.5, 0.6) is 11.5 Å². The van der Waals surface area contributed by atoms with E-state index in [0.29, 0.717) is 30.2 Å². The molecule has 1 heterocycles. The van der Waals surface area contributed by atoms with Crippen molar-refractivity contribution >= 4 is 21.6 Å². The summed E-state index contributed by atoms with van der Waals surface area (Å²) in [4.78, 5) is 12.0. The number of hydrogen-bond acceptors (Lipinski definition) is 5. The highest BCUT2D eigenvalue weighted by Gasteiger charge is 2.20. The monoisotopic (exact) mass is 314 g/mol. The van der Waals surface area contributed by atoms with Gasteiger partial charge in [0.1, 0.15) is 0 Å². The number of sulfonamides is 1. The van der Waals surface area contributed by atoms with E-state index in [2.05, 4.69) is 5.32 Å². The molecule has 1 aliphatic heterocycles. The Morgan fingerprint density at radius 2 is 2.05 bits per heavy atom. The van der Waals surface area contributed by atoms with Crippen LogP contribution in [0.15, 0.2) is 18.2 Å². The van der Waals surface area contributed by atoms with Gasteiger partial charge in [0.05, 0.1) is 12.8 Å². The maximum atomic E-state index is 12.0. The van der Waals surface area contributed by atoms with Gasteiger partial charge in [0.2, 0.25) is 22.7 Å². The molecule has 1 aromatic carbocycles. The maximum absolute atomic E-state index is 12.0. The zero-order chi connectivity index (χ0) is 15.5. The maximum Gasteiger partial charge on any atom is 0.239 e. The molecule has 0 saturated carbocycles.